The van der Waals surface area contributed by atoms with Crippen LogP contribution in [-0.4, -0.2) is 11.2 Å². The second-order valence-electron chi connectivity index (χ2n) is 5.50. The molecule has 1 fully saturated rings. The fourth-order valence-electron chi connectivity index (χ4n) is 2.23. The third-order valence-electron chi connectivity index (χ3n) is 3.73. The summed E-state index contributed by atoms with van der Waals surface area (Å²) in [6.45, 7) is 4.75. The van der Waals surface area contributed by atoms with Gasteiger partial charge in [0.25, 0.3) is 0 Å². The number of nitrogens with one attached hydrogen (secondary N) is 1. The lowest BCUT2D eigenvalue weighted by molar-refractivity contribution is 0.297. The minimum atomic E-state index is -0.243. The standard InChI is InChI=1S/C16H19FN2O2/c1-10-15(11(2)21-19-10)9-20-16-6-3-13(17)7-12(16)8-18-14-4-5-14/h3,6-7,14,18H,4-5,8-9H2,1-2H3. The van der Waals surface area contributed by atoms with Crippen LogP contribution in [0.25, 0.3) is 0 Å². The van der Waals surface area contributed by atoms with Crippen LogP contribution in [0.5, 0.6) is 5.75 Å². The van der Waals surface area contributed by atoms with Crippen LogP contribution in [0.15, 0.2) is 22.7 Å². The summed E-state index contributed by atoms with van der Waals surface area (Å²) in [6, 6.07) is 5.20. The van der Waals surface area contributed by atoms with Crippen LogP contribution in [0, 0.1) is 19.7 Å². The molecule has 1 heterocycles. The molecule has 4 nitrogen and oxygen atoms in total. The molecule has 0 amide bonds. The summed E-state index contributed by atoms with van der Waals surface area (Å²) in [6.07, 6.45) is 2.40. The molecule has 0 atom stereocenters. The number of benzene rings is 1. The summed E-state index contributed by atoms with van der Waals surface area (Å²) >= 11 is 0. The summed E-state index contributed by atoms with van der Waals surface area (Å²) in [4.78, 5) is 0. The third-order valence-corrected chi connectivity index (χ3v) is 3.73. The average molecular weight is 290 g/mol. The Hall–Kier alpha value is -1.88. The zero-order chi connectivity index (χ0) is 14.8. The fraction of sp³-hybridized carbons (Fsp3) is 0.438. The van der Waals surface area contributed by atoms with E-state index in [1.54, 1.807) is 6.07 Å². The van der Waals surface area contributed by atoms with Gasteiger partial charge in [-0.05, 0) is 44.9 Å². The first-order valence-corrected chi connectivity index (χ1v) is 7.20. The van der Waals surface area contributed by atoms with E-state index in [4.69, 9.17) is 9.26 Å². The molecule has 0 radical (unpaired) electrons. The Morgan fingerprint density at radius 1 is 1.38 bits per heavy atom. The van der Waals surface area contributed by atoms with Crippen LogP contribution >= 0.6 is 0 Å². The molecule has 112 valence electrons. The molecule has 0 bridgehead atoms. The van der Waals surface area contributed by atoms with Gasteiger partial charge in [0.1, 0.15) is 23.9 Å². The number of rotatable bonds is 6. The van der Waals surface area contributed by atoms with Crippen molar-refractivity contribution in [2.24, 2.45) is 0 Å². The predicted molar refractivity (Wildman–Crippen MR) is 76.6 cm³/mol. The van der Waals surface area contributed by atoms with Gasteiger partial charge in [0, 0.05) is 18.2 Å². The molecule has 1 aromatic carbocycles. The first-order chi connectivity index (χ1) is 10.1. The van der Waals surface area contributed by atoms with Crippen molar-refractivity contribution in [2.75, 3.05) is 0 Å². The second-order valence-corrected chi connectivity index (χ2v) is 5.50. The summed E-state index contributed by atoms with van der Waals surface area (Å²) in [5.74, 6) is 1.21. The van der Waals surface area contributed by atoms with Crippen molar-refractivity contribution in [3.05, 3.63) is 46.6 Å². The Morgan fingerprint density at radius 2 is 2.19 bits per heavy atom. The van der Waals surface area contributed by atoms with Crippen molar-refractivity contribution >= 4 is 0 Å². The highest BCUT2D eigenvalue weighted by molar-refractivity contribution is 5.34. The number of hydrogen-bond acceptors (Lipinski definition) is 4. The van der Waals surface area contributed by atoms with Gasteiger partial charge in [-0.25, -0.2) is 4.39 Å². The third kappa shape index (κ3) is 3.42. The normalized spacial score (nSPS) is 14.4. The number of nitrogens with zero attached hydrogens (tertiary/aromatic N) is 1. The van der Waals surface area contributed by atoms with Gasteiger partial charge in [-0.3, -0.25) is 0 Å². The first-order valence-electron chi connectivity index (χ1n) is 7.20. The minimum absolute atomic E-state index is 0.243. The Bertz CT molecular complexity index is 616. The van der Waals surface area contributed by atoms with E-state index in [1.165, 1.54) is 25.0 Å². The lowest BCUT2D eigenvalue weighted by Crippen LogP contribution is -2.16. The van der Waals surface area contributed by atoms with Crippen molar-refractivity contribution in [3.63, 3.8) is 0 Å². The van der Waals surface area contributed by atoms with Gasteiger partial charge in [-0.2, -0.15) is 0 Å². The highest BCUT2D eigenvalue weighted by atomic mass is 19.1. The molecular weight excluding hydrogens is 271 g/mol. The largest absolute Gasteiger partial charge is 0.488 e. The number of hydrogen-bond donors (Lipinski definition) is 1. The molecule has 1 aliphatic rings. The number of halogens is 1. The van der Waals surface area contributed by atoms with Crippen LogP contribution in [0.2, 0.25) is 0 Å². The van der Waals surface area contributed by atoms with Crippen LogP contribution in [0.4, 0.5) is 4.39 Å². The van der Waals surface area contributed by atoms with Crippen molar-refractivity contribution in [1.29, 1.82) is 0 Å². The Kier molecular flexibility index (Phi) is 3.92. The molecular formula is C16H19FN2O2. The summed E-state index contributed by atoms with van der Waals surface area (Å²) in [5.41, 5.74) is 2.61. The fourth-order valence-corrected chi connectivity index (χ4v) is 2.23. The van der Waals surface area contributed by atoms with E-state index in [0.29, 0.717) is 24.9 Å². The minimum Gasteiger partial charge on any atom is -0.488 e. The maximum Gasteiger partial charge on any atom is 0.140 e. The highest BCUT2D eigenvalue weighted by Crippen LogP contribution is 2.25. The molecule has 0 unspecified atom stereocenters. The molecule has 1 aliphatic carbocycles. The van der Waals surface area contributed by atoms with E-state index in [-0.39, 0.29) is 5.82 Å². The summed E-state index contributed by atoms with van der Waals surface area (Å²) < 4.78 is 24.4. The first kappa shape index (κ1) is 14.1. The van der Waals surface area contributed by atoms with Gasteiger partial charge in [-0.1, -0.05) is 5.16 Å². The monoisotopic (exact) mass is 290 g/mol. The van der Waals surface area contributed by atoms with E-state index in [2.05, 4.69) is 10.5 Å². The van der Waals surface area contributed by atoms with Crippen molar-refractivity contribution in [2.45, 2.75) is 45.9 Å². The molecule has 1 saturated carbocycles. The van der Waals surface area contributed by atoms with Gasteiger partial charge < -0.3 is 14.6 Å². The van der Waals surface area contributed by atoms with Crippen molar-refractivity contribution in [3.8, 4) is 5.75 Å². The smallest absolute Gasteiger partial charge is 0.140 e. The molecule has 1 aromatic heterocycles. The molecule has 5 heteroatoms. The number of aryl methyl sites for hydroxylation is 2. The van der Waals surface area contributed by atoms with Crippen LogP contribution < -0.4 is 10.1 Å². The molecule has 1 N–H and O–H groups in total. The zero-order valence-electron chi connectivity index (χ0n) is 12.3. The molecule has 0 saturated heterocycles. The maximum absolute atomic E-state index is 13.4. The quantitative estimate of drug-likeness (QED) is 0.887. The number of aromatic nitrogens is 1. The van der Waals surface area contributed by atoms with E-state index >= 15 is 0 Å². The van der Waals surface area contributed by atoms with Crippen LogP contribution in [-0.2, 0) is 13.2 Å². The average Bonchev–Trinajstić information content (AvgIpc) is 3.23. The molecule has 3 rings (SSSR count). The van der Waals surface area contributed by atoms with E-state index in [9.17, 15) is 4.39 Å². The van der Waals surface area contributed by atoms with Gasteiger partial charge in [-0.15, -0.1) is 0 Å². The Morgan fingerprint density at radius 3 is 2.86 bits per heavy atom. The molecule has 0 spiro atoms. The number of ether oxygens (including phenoxy) is 1. The highest BCUT2D eigenvalue weighted by Gasteiger charge is 2.21. The van der Waals surface area contributed by atoms with E-state index in [0.717, 1.165) is 22.6 Å². The Labute approximate surface area is 123 Å². The summed E-state index contributed by atoms with van der Waals surface area (Å²) in [7, 11) is 0. The van der Waals surface area contributed by atoms with Gasteiger partial charge >= 0.3 is 0 Å². The topological polar surface area (TPSA) is 47.3 Å². The SMILES string of the molecule is Cc1noc(C)c1COc1ccc(F)cc1CNC1CC1. The lowest BCUT2D eigenvalue weighted by atomic mass is 10.2. The lowest BCUT2D eigenvalue weighted by Gasteiger charge is -2.12. The van der Waals surface area contributed by atoms with Gasteiger partial charge in [0.2, 0.25) is 0 Å². The molecule has 2 aromatic rings. The predicted octanol–water partition coefficient (Wildman–Crippen LogP) is 3.26. The molecule has 0 aliphatic heterocycles. The molecule has 21 heavy (non-hydrogen) atoms. The zero-order valence-corrected chi connectivity index (χ0v) is 12.3. The van der Waals surface area contributed by atoms with Crippen LogP contribution in [0.3, 0.4) is 0 Å². The second kappa shape index (κ2) is 5.85. The summed E-state index contributed by atoms with van der Waals surface area (Å²) in [5, 5.41) is 7.28. The van der Waals surface area contributed by atoms with Gasteiger partial charge in [0.15, 0.2) is 0 Å². The van der Waals surface area contributed by atoms with E-state index < -0.39 is 0 Å². The van der Waals surface area contributed by atoms with Crippen molar-refractivity contribution in [1.82, 2.24) is 10.5 Å². The van der Waals surface area contributed by atoms with E-state index in [1.807, 2.05) is 13.8 Å². The maximum atomic E-state index is 13.4. The van der Waals surface area contributed by atoms with Crippen LogP contribution in [0.1, 0.15) is 35.4 Å². The van der Waals surface area contributed by atoms with Gasteiger partial charge in [0.05, 0.1) is 11.3 Å². The van der Waals surface area contributed by atoms with Crippen molar-refractivity contribution < 1.29 is 13.7 Å². The Balaban J connectivity index is 1.71.